The minimum Gasteiger partial charge on any atom is -0.393 e. The summed E-state index contributed by atoms with van der Waals surface area (Å²) < 4.78 is 2.01. The molecular formula is C10H19N3O. The number of aliphatic hydroxyl groups excluding tert-OH is 1. The van der Waals surface area contributed by atoms with E-state index >= 15 is 0 Å². The summed E-state index contributed by atoms with van der Waals surface area (Å²) in [6, 6.07) is 0. The second-order valence-electron chi connectivity index (χ2n) is 3.87. The van der Waals surface area contributed by atoms with Crippen molar-refractivity contribution < 1.29 is 5.11 Å². The highest BCUT2D eigenvalue weighted by molar-refractivity contribution is 4.96. The van der Waals surface area contributed by atoms with Gasteiger partial charge in [-0.1, -0.05) is 0 Å². The van der Waals surface area contributed by atoms with E-state index in [1.807, 2.05) is 24.7 Å². The van der Waals surface area contributed by atoms with Crippen molar-refractivity contribution in [3.05, 3.63) is 18.2 Å². The van der Waals surface area contributed by atoms with Crippen LogP contribution < -0.4 is 0 Å². The molecular weight excluding hydrogens is 178 g/mol. The summed E-state index contributed by atoms with van der Waals surface area (Å²) in [5, 5.41) is 9.14. The fourth-order valence-corrected chi connectivity index (χ4v) is 1.30. The van der Waals surface area contributed by atoms with E-state index in [1.165, 1.54) is 5.69 Å². The maximum atomic E-state index is 9.14. The van der Waals surface area contributed by atoms with Crippen LogP contribution in [0.1, 0.15) is 19.0 Å². The first kappa shape index (κ1) is 11.2. The van der Waals surface area contributed by atoms with Crippen LogP contribution in [0, 0.1) is 0 Å². The molecule has 1 heterocycles. The zero-order valence-corrected chi connectivity index (χ0v) is 9.14. The maximum absolute atomic E-state index is 9.14. The van der Waals surface area contributed by atoms with Crippen LogP contribution in [0.4, 0.5) is 0 Å². The summed E-state index contributed by atoms with van der Waals surface area (Å²) in [4.78, 5) is 6.24. The molecule has 0 fully saturated rings. The van der Waals surface area contributed by atoms with Crippen molar-refractivity contribution in [3.63, 3.8) is 0 Å². The van der Waals surface area contributed by atoms with Gasteiger partial charge in [-0.25, -0.2) is 4.98 Å². The zero-order valence-electron chi connectivity index (χ0n) is 9.14. The van der Waals surface area contributed by atoms with Crippen molar-refractivity contribution in [2.45, 2.75) is 26.0 Å². The molecule has 1 N–H and O–H groups in total. The fourth-order valence-electron chi connectivity index (χ4n) is 1.30. The quantitative estimate of drug-likeness (QED) is 0.752. The molecule has 1 aromatic heterocycles. The predicted molar refractivity (Wildman–Crippen MR) is 55.8 cm³/mol. The molecule has 1 rings (SSSR count). The van der Waals surface area contributed by atoms with Gasteiger partial charge in [0.25, 0.3) is 0 Å². The molecule has 14 heavy (non-hydrogen) atoms. The summed E-state index contributed by atoms with van der Waals surface area (Å²) in [7, 11) is 4.04. The van der Waals surface area contributed by atoms with E-state index in [0.29, 0.717) is 0 Å². The standard InChI is InChI=1S/C10H19N3O/c1-9(14)4-5-12(2)7-10-6-11-8-13(10)3/h6,8-9,14H,4-5,7H2,1-3H3. The normalized spacial score (nSPS) is 13.5. The Balaban J connectivity index is 2.34. The van der Waals surface area contributed by atoms with Crippen molar-refractivity contribution in [3.8, 4) is 0 Å². The Morgan fingerprint density at radius 3 is 2.86 bits per heavy atom. The Bertz CT molecular complexity index is 270. The lowest BCUT2D eigenvalue weighted by molar-refractivity contribution is 0.162. The van der Waals surface area contributed by atoms with Gasteiger partial charge in [0.1, 0.15) is 0 Å². The first-order valence-corrected chi connectivity index (χ1v) is 4.91. The molecule has 0 aliphatic rings. The van der Waals surface area contributed by atoms with Crippen molar-refractivity contribution in [1.82, 2.24) is 14.5 Å². The van der Waals surface area contributed by atoms with E-state index < -0.39 is 0 Å². The maximum Gasteiger partial charge on any atom is 0.0945 e. The molecule has 0 aliphatic heterocycles. The highest BCUT2D eigenvalue weighted by atomic mass is 16.3. The largest absolute Gasteiger partial charge is 0.393 e. The van der Waals surface area contributed by atoms with Gasteiger partial charge in [0, 0.05) is 26.3 Å². The van der Waals surface area contributed by atoms with Crippen molar-refractivity contribution in [2.75, 3.05) is 13.6 Å². The third kappa shape index (κ3) is 3.47. The zero-order chi connectivity index (χ0) is 10.6. The predicted octanol–water partition coefficient (Wildman–Crippen LogP) is 0.623. The Hall–Kier alpha value is -0.870. The summed E-state index contributed by atoms with van der Waals surface area (Å²) in [6.07, 6.45) is 4.27. The Morgan fingerprint density at radius 2 is 2.36 bits per heavy atom. The van der Waals surface area contributed by atoms with E-state index in [4.69, 9.17) is 5.11 Å². The minimum absolute atomic E-state index is 0.219. The summed E-state index contributed by atoms with van der Waals surface area (Å²) in [5.41, 5.74) is 1.19. The van der Waals surface area contributed by atoms with E-state index in [1.54, 1.807) is 6.33 Å². The number of rotatable bonds is 5. The third-order valence-electron chi connectivity index (χ3n) is 2.28. The molecule has 80 valence electrons. The monoisotopic (exact) mass is 197 g/mol. The first-order valence-electron chi connectivity index (χ1n) is 4.91. The molecule has 0 aliphatic carbocycles. The van der Waals surface area contributed by atoms with Gasteiger partial charge in [-0.15, -0.1) is 0 Å². The van der Waals surface area contributed by atoms with E-state index in [2.05, 4.69) is 16.9 Å². The van der Waals surface area contributed by atoms with Crippen LogP contribution in [0.5, 0.6) is 0 Å². The third-order valence-corrected chi connectivity index (χ3v) is 2.28. The van der Waals surface area contributed by atoms with Crippen LogP contribution in [0.2, 0.25) is 0 Å². The van der Waals surface area contributed by atoms with Gasteiger partial charge in [-0.3, -0.25) is 0 Å². The van der Waals surface area contributed by atoms with Crippen LogP contribution in [0.25, 0.3) is 0 Å². The molecule has 1 atom stereocenters. The van der Waals surface area contributed by atoms with Gasteiger partial charge in [0.05, 0.1) is 18.1 Å². The van der Waals surface area contributed by atoms with Gasteiger partial charge in [0.2, 0.25) is 0 Å². The first-order chi connectivity index (χ1) is 6.59. The molecule has 0 saturated heterocycles. The van der Waals surface area contributed by atoms with Gasteiger partial charge >= 0.3 is 0 Å². The molecule has 0 spiro atoms. The average Bonchev–Trinajstić information content (AvgIpc) is 2.49. The Labute approximate surface area is 85.2 Å². The summed E-state index contributed by atoms with van der Waals surface area (Å²) in [6.45, 7) is 3.60. The summed E-state index contributed by atoms with van der Waals surface area (Å²) in [5.74, 6) is 0. The minimum atomic E-state index is -0.219. The number of aliphatic hydroxyl groups is 1. The molecule has 0 aromatic carbocycles. The molecule has 4 nitrogen and oxygen atoms in total. The average molecular weight is 197 g/mol. The number of hydrogen-bond acceptors (Lipinski definition) is 3. The molecule has 0 amide bonds. The van der Waals surface area contributed by atoms with Crippen LogP contribution >= 0.6 is 0 Å². The van der Waals surface area contributed by atoms with Gasteiger partial charge in [-0.05, 0) is 20.4 Å². The summed E-state index contributed by atoms with van der Waals surface area (Å²) >= 11 is 0. The molecule has 4 heteroatoms. The number of imidazole rings is 1. The van der Waals surface area contributed by atoms with Crippen LogP contribution in [0.15, 0.2) is 12.5 Å². The Morgan fingerprint density at radius 1 is 1.64 bits per heavy atom. The molecule has 0 bridgehead atoms. The number of aryl methyl sites for hydroxylation is 1. The second kappa shape index (κ2) is 5.12. The van der Waals surface area contributed by atoms with Crippen molar-refractivity contribution in [2.24, 2.45) is 7.05 Å². The lowest BCUT2D eigenvalue weighted by Crippen LogP contribution is -2.23. The SMILES string of the molecule is CC(O)CCN(C)Cc1cncn1C. The van der Waals surface area contributed by atoms with Crippen LogP contribution in [-0.2, 0) is 13.6 Å². The molecule has 1 unspecified atom stereocenters. The van der Waals surface area contributed by atoms with E-state index in [9.17, 15) is 0 Å². The van der Waals surface area contributed by atoms with Crippen molar-refractivity contribution >= 4 is 0 Å². The van der Waals surface area contributed by atoms with Crippen LogP contribution in [0.3, 0.4) is 0 Å². The number of nitrogens with zero attached hydrogens (tertiary/aromatic N) is 3. The topological polar surface area (TPSA) is 41.3 Å². The highest BCUT2D eigenvalue weighted by Crippen LogP contribution is 2.02. The molecule has 0 saturated carbocycles. The van der Waals surface area contributed by atoms with Gasteiger partial charge in [0.15, 0.2) is 0 Å². The van der Waals surface area contributed by atoms with E-state index in [0.717, 1.165) is 19.5 Å². The lowest BCUT2D eigenvalue weighted by atomic mass is 10.2. The highest BCUT2D eigenvalue weighted by Gasteiger charge is 2.04. The number of hydrogen-bond donors (Lipinski definition) is 1. The second-order valence-corrected chi connectivity index (χ2v) is 3.87. The molecule has 1 aromatic rings. The van der Waals surface area contributed by atoms with Crippen molar-refractivity contribution in [1.29, 1.82) is 0 Å². The van der Waals surface area contributed by atoms with Crippen LogP contribution in [-0.4, -0.2) is 39.3 Å². The number of aromatic nitrogens is 2. The fraction of sp³-hybridized carbons (Fsp3) is 0.700. The van der Waals surface area contributed by atoms with Gasteiger partial charge in [-0.2, -0.15) is 0 Å². The Kier molecular flexibility index (Phi) is 4.10. The van der Waals surface area contributed by atoms with E-state index in [-0.39, 0.29) is 6.10 Å². The molecule has 0 radical (unpaired) electrons. The lowest BCUT2D eigenvalue weighted by Gasteiger charge is -2.17. The smallest absolute Gasteiger partial charge is 0.0945 e. The van der Waals surface area contributed by atoms with Gasteiger partial charge < -0.3 is 14.6 Å².